The molecule has 1 aromatic rings. The van der Waals surface area contributed by atoms with Crippen molar-refractivity contribution >= 4 is 27.5 Å². The molecule has 148 valence electrons. The molecule has 8 nitrogen and oxygen atoms in total. The van der Waals surface area contributed by atoms with Gasteiger partial charge in [-0.1, -0.05) is 6.07 Å². The highest BCUT2D eigenvalue weighted by Gasteiger charge is 2.27. The number of quaternary nitrogens is 1. The third kappa shape index (κ3) is 5.50. The molecule has 1 aromatic carbocycles. The number of hydrogen-bond acceptors (Lipinski definition) is 5. The average Bonchev–Trinajstić information content (AvgIpc) is 3.06. The van der Waals surface area contributed by atoms with E-state index in [2.05, 4.69) is 15.0 Å². The van der Waals surface area contributed by atoms with Gasteiger partial charge in [-0.15, -0.1) is 0 Å². The van der Waals surface area contributed by atoms with E-state index in [9.17, 15) is 13.2 Å². The Morgan fingerprint density at radius 3 is 2.70 bits per heavy atom. The lowest BCUT2D eigenvalue weighted by Crippen LogP contribution is -3.16. The van der Waals surface area contributed by atoms with Gasteiger partial charge in [0.25, 0.3) is 15.9 Å². The maximum Gasteiger partial charge on any atom is 0.279 e. The highest BCUT2D eigenvalue weighted by molar-refractivity contribution is 7.90. The quantitative estimate of drug-likeness (QED) is 0.642. The van der Waals surface area contributed by atoms with E-state index in [0.29, 0.717) is 31.0 Å². The molecule has 1 fully saturated rings. The molecule has 0 bridgehead atoms. The van der Waals surface area contributed by atoms with Crippen molar-refractivity contribution < 1.29 is 22.8 Å². The van der Waals surface area contributed by atoms with Crippen LogP contribution in [0, 0.1) is 0 Å². The third-order valence-corrected chi connectivity index (χ3v) is 5.96. The molecule has 0 aromatic heterocycles. The topological polar surface area (TPSA) is 101 Å². The van der Waals surface area contributed by atoms with Crippen molar-refractivity contribution in [1.29, 1.82) is 0 Å². The number of amidine groups is 1. The Morgan fingerprint density at radius 1 is 1.30 bits per heavy atom. The van der Waals surface area contributed by atoms with E-state index in [0.717, 1.165) is 24.4 Å². The number of morpholine rings is 1. The SMILES string of the molecule is C[C@H]1C[NH+](CC(=O)Nc2cccc(S(=O)(=O)NC3=NCCC3)c2)C[C@H](C)O1. The van der Waals surface area contributed by atoms with Crippen molar-refractivity contribution in [3.63, 3.8) is 0 Å². The van der Waals surface area contributed by atoms with Gasteiger partial charge >= 0.3 is 0 Å². The lowest BCUT2D eigenvalue weighted by atomic mass is 10.2. The number of sulfonamides is 1. The molecular formula is C18H27N4O4S+. The lowest BCUT2D eigenvalue weighted by molar-refractivity contribution is -0.907. The molecule has 2 heterocycles. The number of nitrogens with zero attached hydrogens (tertiary/aromatic N) is 1. The fourth-order valence-corrected chi connectivity index (χ4v) is 4.68. The van der Waals surface area contributed by atoms with Crippen LogP contribution < -0.4 is 14.9 Å². The molecule has 1 amide bonds. The minimum atomic E-state index is -3.70. The van der Waals surface area contributed by atoms with Crippen LogP contribution in [0.1, 0.15) is 26.7 Å². The molecule has 27 heavy (non-hydrogen) atoms. The monoisotopic (exact) mass is 395 g/mol. The van der Waals surface area contributed by atoms with E-state index in [-0.39, 0.29) is 23.0 Å². The van der Waals surface area contributed by atoms with Gasteiger partial charge in [0.2, 0.25) is 0 Å². The second kappa shape index (κ2) is 8.37. The summed E-state index contributed by atoms with van der Waals surface area (Å²) in [5, 5.41) is 2.80. The Kier molecular flexibility index (Phi) is 6.13. The van der Waals surface area contributed by atoms with Gasteiger partial charge in [-0.25, -0.2) is 8.42 Å². The summed E-state index contributed by atoms with van der Waals surface area (Å²) >= 11 is 0. The van der Waals surface area contributed by atoms with Crippen LogP contribution in [0.25, 0.3) is 0 Å². The number of anilines is 1. The van der Waals surface area contributed by atoms with Crippen LogP contribution >= 0.6 is 0 Å². The Labute approximate surface area is 160 Å². The maximum absolute atomic E-state index is 12.5. The molecule has 0 saturated carbocycles. The van der Waals surface area contributed by atoms with Crippen molar-refractivity contribution in [2.24, 2.45) is 4.99 Å². The minimum Gasteiger partial charge on any atom is -0.364 e. The van der Waals surface area contributed by atoms with Crippen LogP contribution in [-0.4, -0.2) is 58.5 Å². The highest BCUT2D eigenvalue weighted by Crippen LogP contribution is 2.16. The fraction of sp³-hybridized carbons (Fsp3) is 0.556. The number of carbonyl (C=O) groups is 1. The molecule has 2 atom stereocenters. The number of rotatable bonds is 5. The number of carbonyl (C=O) groups excluding carboxylic acids is 1. The third-order valence-electron chi connectivity index (χ3n) is 4.58. The van der Waals surface area contributed by atoms with E-state index >= 15 is 0 Å². The molecule has 3 rings (SSSR count). The average molecular weight is 396 g/mol. The number of amides is 1. The number of aliphatic imine (C=N–C) groups is 1. The first-order valence-corrected chi connectivity index (χ1v) is 10.8. The summed E-state index contributed by atoms with van der Waals surface area (Å²) in [5.41, 5.74) is 0.463. The minimum absolute atomic E-state index is 0.107. The van der Waals surface area contributed by atoms with E-state index < -0.39 is 10.0 Å². The predicted molar refractivity (Wildman–Crippen MR) is 103 cm³/mol. The van der Waals surface area contributed by atoms with Crippen LogP contribution in [0.3, 0.4) is 0 Å². The number of ether oxygens (including phenoxy) is 1. The largest absolute Gasteiger partial charge is 0.364 e. The standard InChI is InChI=1S/C18H26N4O4S/c1-13-10-22(11-14(2)26-13)12-18(23)20-15-5-3-6-16(9-15)27(24,25)21-17-7-4-8-19-17/h3,5-6,9,13-14H,4,7-8,10-12H2,1-2H3,(H,19,21)(H,20,23)/p+1/t13-,14-/m0/s1. The van der Waals surface area contributed by atoms with Gasteiger partial charge in [-0.05, 0) is 38.5 Å². The van der Waals surface area contributed by atoms with Crippen molar-refractivity contribution in [3.05, 3.63) is 24.3 Å². The molecule has 1 saturated heterocycles. The second-order valence-electron chi connectivity index (χ2n) is 7.21. The molecule has 2 aliphatic heterocycles. The van der Waals surface area contributed by atoms with Crippen molar-refractivity contribution in [1.82, 2.24) is 4.72 Å². The van der Waals surface area contributed by atoms with E-state index in [1.165, 1.54) is 12.1 Å². The van der Waals surface area contributed by atoms with Crippen molar-refractivity contribution in [2.45, 2.75) is 43.8 Å². The van der Waals surface area contributed by atoms with E-state index in [1.807, 2.05) is 13.8 Å². The van der Waals surface area contributed by atoms with Crippen LogP contribution in [0.5, 0.6) is 0 Å². The maximum atomic E-state index is 12.5. The Bertz CT molecular complexity index is 814. The lowest BCUT2D eigenvalue weighted by Gasteiger charge is -2.31. The molecule has 0 unspecified atom stereocenters. The van der Waals surface area contributed by atoms with Gasteiger partial charge in [0.1, 0.15) is 31.1 Å². The number of benzene rings is 1. The molecule has 0 spiro atoms. The zero-order valence-electron chi connectivity index (χ0n) is 15.7. The Balaban J connectivity index is 1.62. The van der Waals surface area contributed by atoms with Crippen molar-refractivity contribution in [2.75, 3.05) is 31.5 Å². The molecule has 0 radical (unpaired) electrons. The molecular weight excluding hydrogens is 368 g/mol. The van der Waals surface area contributed by atoms with Gasteiger partial charge in [0.05, 0.1) is 4.90 Å². The first kappa shape index (κ1) is 19.8. The molecule has 2 aliphatic rings. The van der Waals surface area contributed by atoms with Gasteiger partial charge in [0, 0.05) is 18.7 Å². The van der Waals surface area contributed by atoms with Crippen LogP contribution in [0.4, 0.5) is 5.69 Å². The summed E-state index contributed by atoms with van der Waals surface area (Å²) in [4.78, 5) is 17.8. The summed E-state index contributed by atoms with van der Waals surface area (Å²) < 4.78 is 33.2. The smallest absolute Gasteiger partial charge is 0.279 e. The van der Waals surface area contributed by atoms with Crippen LogP contribution in [0.2, 0.25) is 0 Å². The molecule has 9 heteroatoms. The molecule has 3 N–H and O–H groups in total. The van der Waals surface area contributed by atoms with Gasteiger partial charge in [0.15, 0.2) is 6.54 Å². The fourth-order valence-electron chi connectivity index (χ4n) is 3.54. The zero-order valence-corrected chi connectivity index (χ0v) is 16.5. The predicted octanol–water partition coefficient (Wildman–Crippen LogP) is -0.212. The summed E-state index contributed by atoms with van der Waals surface area (Å²) in [6, 6.07) is 6.27. The normalized spacial score (nSPS) is 25.7. The summed E-state index contributed by atoms with van der Waals surface area (Å²) in [6.07, 6.45) is 1.73. The molecule has 0 aliphatic carbocycles. The highest BCUT2D eigenvalue weighted by atomic mass is 32.2. The van der Waals surface area contributed by atoms with E-state index in [1.54, 1.807) is 12.1 Å². The Hall–Kier alpha value is -1.97. The number of nitrogens with one attached hydrogen (secondary N) is 3. The van der Waals surface area contributed by atoms with E-state index in [4.69, 9.17) is 4.74 Å². The van der Waals surface area contributed by atoms with Gasteiger partial charge in [-0.2, -0.15) is 0 Å². The van der Waals surface area contributed by atoms with Crippen molar-refractivity contribution in [3.8, 4) is 0 Å². The first-order chi connectivity index (χ1) is 12.8. The Morgan fingerprint density at radius 2 is 2.04 bits per heavy atom. The number of hydrogen-bond donors (Lipinski definition) is 3. The summed E-state index contributed by atoms with van der Waals surface area (Å²) in [5.74, 6) is 0.345. The van der Waals surface area contributed by atoms with Gasteiger partial charge < -0.3 is 15.0 Å². The summed E-state index contributed by atoms with van der Waals surface area (Å²) in [7, 11) is -3.70. The van der Waals surface area contributed by atoms with Gasteiger partial charge in [-0.3, -0.25) is 14.5 Å². The zero-order chi connectivity index (χ0) is 19.4. The van der Waals surface area contributed by atoms with Crippen LogP contribution in [-0.2, 0) is 19.6 Å². The van der Waals surface area contributed by atoms with Crippen LogP contribution in [0.15, 0.2) is 34.2 Å². The first-order valence-electron chi connectivity index (χ1n) is 9.27. The summed E-state index contributed by atoms with van der Waals surface area (Å²) in [6.45, 7) is 6.53. The second-order valence-corrected chi connectivity index (χ2v) is 8.89.